The lowest BCUT2D eigenvalue weighted by atomic mass is 10.0. The summed E-state index contributed by atoms with van der Waals surface area (Å²) in [6.45, 7) is 5.67. The fourth-order valence-corrected chi connectivity index (χ4v) is 4.15. The predicted octanol–water partition coefficient (Wildman–Crippen LogP) is 2.69. The number of nitrogens with zero attached hydrogens (tertiary/aromatic N) is 1. The van der Waals surface area contributed by atoms with Gasteiger partial charge in [0.05, 0.1) is 18.8 Å². The predicted molar refractivity (Wildman–Crippen MR) is 119 cm³/mol. The van der Waals surface area contributed by atoms with Crippen LogP contribution in [0.2, 0.25) is 0 Å². The number of aryl methyl sites for hydroxylation is 1. The van der Waals surface area contributed by atoms with Crippen LogP contribution in [0.4, 0.5) is 10.5 Å². The molecule has 3 atom stereocenters. The van der Waals surface area contributed by atoms with Gasteiger partial charge in [-0.2, -0.15) is 0 Å². The van der Waals surface area contributed by atoms with Crippen molar-refractivity contribution in [3.05, 3.63) is 45.9 Å². The van der Waals surface area contributed by atoms with Gasteiger partial charge in [-0.25, -0.2) is 9.78 Å². The average molecular weight is 468 g/mol. The zero-order valence-electron chi connectivity index (χ0n) is 17.8. The van der Waals surface area contributed by atoms with E-state index in [9.17, 15) is 18.4 Å². The van der Waals surface area contributed by atoms with Crippen LogP contribution in [0.1, 0.15) is 43.1 Å². The molecule has 170 valence electrons. The van der Waals surface area contributed by atoms with Gasteiger partial charge in [-0.15, -0.1) is 11.3 Å². The second kappa shape index (κ2) is 11.8. The molecule has 0 radical (unpaired) electrons. The van der Waals surface area contributed by atoms with Gasteiger partial charge in [-0.3, -0.25) is 9.00 Å². The van der Waals surface area contributed by atoms with Crippen LogP contribution in [-0.2, 0) is 33.6 Å². The standard InChI is InChI=1S/C20H28N4O5S2/c1-5-14-11-30-19(21-14)16(10-13-6-8-15(9-7-13)24-31(27)28)22-18(25)17(12(2)3)23-20(26)29-4/h6-9,11-12,16-17,24H,5,10H2,1-4H3,(H,22,25)(H,23,26)(H,27,28)/p-1/t16-,17?/m0/s1. The number of benzene rings is 1. The minimum absolute atomic E-state index is 0.152. The van der Waals surface area contributed by atoms with E-state index < -0.39 is 29.4 Å². The average Bonchev–Trinajstić information content (AvgIpc) is 3.21. The topological polar surface area (TPSA) is 132 Å². The Bertz CT molecular complexity index is 901. The number of carbonyl (C=O) groups is 2. The SMILES string of the molecule is CCc1csc([C@H](Cc2ccc(NS(=O)[O-])cc2)NC(=O)C(NC(=O)OC)C(C)C)n1. The number of ether oxygens (including phenoxy) is 1. The van der Waals surface area contributed by atoms with Gasteiger partial charge in [0.25, 0.3) is 0 Å². The zero-order chi connectivity index (χ0) is 23.0. The first-order chi connectivity index (χ1) is 14.7. The molecule has 1 heterocycles. The van der Waals surface area contributed by atoms with Crippen LogP contribution in [0.5, 0.6) is 0 Å². The van der Waals surface area contributed by atoms with E-state index in [-0.39, 0.29) is 11.8 Å². The Morgan fingerprint density at radius 3 is 2.42 bits per heavy atom. The number of hydrogen-bond donors (Lipinski definition) is 3. The van der Waals surface area contributed by atoms with Crippen molar-refractivity contribution in [3.8, 4) is 0 Å². The molecule has 0 aliphatic heterocycles. The molecule has 0 aliphatic carbocycles. The van der Waals surface area contributed by atoms with Crippen LogP contribution in [0.3, 0.4) is 0 Å². The molecule has 3 N–H and O–H groups in total. The van der Waals surface area contributed by atoms with Gasteiger partial charge in [0.15, 0.2) is 0 Å². The molecule has 0 aliphatic rings. The van der Waals surface area contributed by atoms with Crippen LogP contribution in [0, 0.1) is 5.92 Å². The first-order valence-electron chi connectivity index (χ1n) is 9.77. The minimum atomic E-state index is -2.40. The van der Waals surface area contributed by atoms with Crippen molar-refractivity contribution in [1.29, 1.82) is 0 Å². The number of aromatic nitrogens is 1. The number of hydrogen-bond acceptors (Lipinski definition) is 7. The molecule has 9 nitrogen and oxygen atoms in total. The lowest BCUT2D eigenvalue weighted by molar-refractivity contribution is -0.124. The Morgan fingerprint density at radius 1 is 1.23 bits per heavy atom. The van der Waals surface area contributed by atoms with Gasteiger partial charge >= 0.3 is 6.09 Å². The lowest BCUT2D eigenvalue weighted by Crippen LogP contribution is -2.50. The van der Waals surface area contributed by atoms with Crippen molar-refractivity contribution in [1.82, 2.24) is 15.6 Å². The molecule has 0 bridgehead atoms. The quantitative estimate of drug-likeness (QED) is 0.460. The smallest absolute Gasteiger partial charge is 0.407 e. The Kier molecular flexibility index (Phi) is 9.41. The zero-order valence-corrected chi connectivity index (χ0v) is 19.5. The number of alkyl carbamates (subject to hydrolysis) is 1. The molecule has 31 heavy (non-hydrogen) atoms. The molecule has 0 fully saturated rings. The number of methoxy groups -OCH3 is 1. The number of thiazole rings is 1. The highest BCUT2D eigenvalue weighted by molar-refractivity contribution is 7.80. The van der Waals surface area contributed by atoms with E-state index in [1.54, 1.807) is 24.3 Å². The van der Waals surface area contributed by atoms with Gasteiger partial charge in [-0.05, 0) is 36.5 Å². The van der Waals surface area contributed by atoms with Crippen molar-refractivity contribution < 1.29 is 23.1 Å². The van der Waals surface area contributed by atoms with Crippen molar-refractivity contribution in [2.45, 2.75) is 45.7 Å². The van der Waals surface area contributed by atoms with E-state index in [2.05, 4.69) is 25.1 Å². The normalized spacial score (nSPS) is 13.9. The van der Waals surface area contributed by atoms with Gasteiger partial charge in [0.2, 0.25) is 5.91 Å². The highest BCUT2D eigenvalue weighted by Crippen LogP contribution is 2.24. The molecule has 2 unspecified atom stereocenters. The molecule has 0 saturated heterocycles. The molecular formula is C20H27N4O5S2-. The fourth-order valence-electron chi connectivity index (χ4n) is 2.87. The first-order valence-corrected chi connectivity index (χ1v) is 11.7. The maximum absolute atomic E-state index is 13.0. The largest absolute Gasteiger partial charge is 0.755 e. The molecule has 1 aromatic heterocycles. The van der Waals surface area contributed by atoms with Crippen LogP contribution in [0.15, 0.2) is 29.6 Å². The summed E-state index contributed by atoms with van der Waals surface area (Å²) in [7, 11) is 1.25. The van der Waals surface area contributed by atoms with Gasteiger partial charge in [0, 0.05) is 22.3 Å². The van der Waals surface area contributed by atoms with Crippen molar-refractivity contribution in [2.24, 2.45) is 5.92 Å². The highest BCUT2D eigenvalue weighted by Gasteiger charge is 2.28. The summed E-state index contributed by atoms with van der Waals surface area (Å²) in [5.41, 5.74) is 2.27. The first kappa shape index (κ1) is 24.8. The summed E-state index contributed by atoms with van der Waals surface area (Å²) >= 11 is -0.934. The van der Waals surface area contributed by atoms with Gasteiger partial charge < -0.3 is 24.6 Å². The van der Waals surface area contributed by atoms with E-state index >= 15 is 0 Å². The summed E-state index contributed by atoms with van der Waals surface area (Å²) in [5, 5.41) is 8.29. The monoisotopic (exact) mass is 467 g/mol. The molecular weight excluding hydrogens is 440 g/mol. The third-order valence-corrected chi connectivity index (χ3v) is 5.96. The van der Waals surface area contributed by atoms with Crippen molar-refractivity contribution in [2.75, 3.05) is 11.8 Å². The Morgan fingerprint density at radius 2 is 1.90 bits per heavy atom. The molecule has 0 saturated carbocycles. The van der Waals surface area contributed by atoms with E-state index in [4.69, 9.17) is 0 Å². The third-order valence-electron chi connectivity index (χ3n) is 4.55. The molecule has 1 aromatic carbocycles. The van der Waals surface area contributed by atoms with E-state index in [0.29, 0.717) is 12.1 Å². The Hall–Kier alpha value is -2.50. The summed E-state index contributed by atoms with van der Waals surface area (Å²) in [6.07, 6.45) is 0.556. The minimum Gasteiger partial charge on any atom is -0.755 e. The van der Waals surface area contributed by atoms with Crippen molar-refractivity contribution >= 4 is 40.3 Å². The molecule has 2 rings (SSSR count). The maximum atomic E-state index is 13.0. The summed E-state index contributed by atoms with van der Waals surface area (Å²) in [5.74, 6) is -0.487. The van der Waals surface area contributed by atoms with E-state index in [0.717, 1.165) is 22.7 Å². The number of rotatable bonds is 10. The second-order valence-corrected chi connectivity index (χ2v) is 8.75. The number of carbonyl (C=O) groups excluding carboxylic acids is 2. The summed E-state index contributed by atoms with van der Waals surface area (Å²) in [4.78, 5) is 29.2. The van der Waals surface area contributed by atoms with E-state index in [1.165, 1.54) is 18.4 Å². The summed E-state index contributed by atoms with van der Waals surface area (Å²) in [6, 6.07) is 5.70. The van der Waals surface area contributed by atoms with Crippen LogP contribution in [-0.4, -0.2) is 38.9 Å². The summed E-state index contributed by atoms with van der Waals surface area (Å²) < 4.78 is 28.5. The van der Waals surface area contributed by atoms with Gasteiger partial charge in [-0.1, -0.05) is 32.9 Å². The third kappa shape index (κ3) is 7.60. The Labute approximate surface area is 188 Å². The fraction of sp³-hybridized carbons (Fsp3) is 0.450. The molecule has 2 amide bonds. The van der Waals surface area contributed by atoms with Crippen molar-refractivity contribution in [3.63, 3.8) is 0 Å². The molecule has 2 aromatic rings. The van der Waals surface area contributed by atoms with Crippen LogP contribution < -0.4 is 15.4 Å². The van der Waals surface area contributed by atoms with Gasteiger partial charge in [0.1, 0.15) is 11.0 Å². The molecule has 11 heteroatoms. The second-order valence-electron chi connectivity index (χ2n) is 7.19. The lowest BCUT2D eigenvalue weighted by Gasteiger charge is -2.24. The number of amides is 2. The molecule has 0 spiro atoms. The number of nitrogens with one attached hydrogen (secondary N) is 3. The van der Waals surface area contributed by atoms with Crippen LogP contribution >= 0.6 is 11.3 Å². The highest BCUT2D eigenvalue weighted by atomic mass is 32.2. The van der Waals surface area contributed by atoms with E-state index in [1.807, 2.05) is 26.2 Å². The number of anilines is 1. The Balaban J connectivity index is 2.23. The maximum Gasteiger partial charge on any atom is 0.407 e. The van der Waals surface area contributed by atoms with Crippen LogP contribution in [0.25, 0.3) is 0 Å².